The van der Waals surface area contributed by atoms with Gasteiger partial charge in [-0.15, -0.1) is 0 Å². The number of hydrogen-bond donors (Lipinski definition) is 3. The molecular weight excluding hydrogens is 174 g/mol. The van der Waals surface area contributed by atoms with Crippen LogP contribution in [-0.2, 0) is 4.79 Å². The zero-order valence-corrected chi connectivity index (χ0v) is 7.37. The normalized spacial score (nSPS) is 11.2. The van der Waals surface area contributed by atoms with Crippen molar-refractivity contribution in [3.05, 3.63) is 0 Å². The topological polar surface area (TPSA) is 120 Å². The zero-order valence-electron chi connectivity index (χ0n) is 7.37. The number of amides is 1. The van der Waals surface area contributed by atoms with Crippen molar-refractivity contribution in [2.45, 2.75) is 19.4 Å². The van der Waals surface area contributed by atoms with Gasteiger partial charge in [-0.05, 0) is 13.8 Å². The average molecular weight is 185 g/mol. The Morgan fingerprint density at radius 2 is 2.15 bits per heavy atom. The summed E-state index contributed by atoms with van der Waals surface area (Å²) >= 11 is 0. The number of primary amides is 1. The monoisotopic (exact) mass is 185 g/mol. The minimum atomic E-state index is -0.945. The minimum absolute atomic E-state index is 0.0669. The molecule has 0 bridgehead atoms. The van der Waals surface area contributed by atoms with Gasteiger partial charge in [-0.25, -0.2) is 0 Å². The number of carbonyl (C=O) groups is 1. The van der Waals surface area contributed by atoms with Crippen LogP contribution in [0.15, 0.2) is 4.42 Å². The lowest BCUT2D eigenvalue weighted by molar-refractivity contribution is -0.121. The van der Waals surface area contributed by atoms with Crippen molar-refractivity contribution in [3.63, 3.8) is 0 Å². The fourth-order valence-corrected chi connectivity index (χ4v) is 0.614. The molecule has 72 valence electrons. The van der Waals surface area contributed by atoms with Gasteiger partial charge in [-0.1, -0.05) is 10.2 Å². The molecule has 0 saturated carbocycles. The van der Waals surface area contributed by atoms with Crippen LogP contribution in [0.5, 0.6) is 0 Å². The van der Waals surface area contributed by atoms with Gasteiger partial charge >= 0.3 is 12.0 Å². The highest BCUT2D eigenvalue weighted by molar-refractivity contribution is 5.86. The van der Waals surface area contributed by atoms with Crippen LogP contribution >= 0.6 is 0 Å². The second-order valence-corrected chi connectivity index (χ2v) is 3.06. The molecule has 1 heterocycles. The molecule has 7 nitrogen and oxygen atoms in total. The Bertz CT molecular complexity index is 319. The van der Waals surface area contributed by atoms with Crippen molar-refractivity contribution in [2.24, 2.45) is 5.73 Å². The molecule has 0 saturated heterocycles. The number of anilines is 2. The van der Waals surface area contributed by atoms with Crippen LogP contribution in [0.2, 0.25) is 0 Å². The van der Waals surface area contributed by atoms with Crippen LogP contribution in [0.3, 0.4) is 0 Å². The third-order valence-electron chi connectivity index (χ3n) is 1.48. The number of carbonyl (C=O) groups excluding carboxylic acids is 1. The number of aromatic nitrogens is 2. The number of nitrogens with one attached hydrogen (secondary N) is 1. The first-order valence-electron chi connectivity index (χ1n) is 3.59. The Labute approximate surface area is 74.5 Å². The fourth-order valence-electron chi connectivity index (χ4n) is 0.614. The molecule has 0 atom stereocenters. The molecule has 1 rings (SSSR count). The molecule has 0 radical (unpaired) electrons. The summed E-state index contributed by atoms with van der Waals surface area (Å²) in [7, 11) is 0. The van der Waals surface area contributed by atoms with E-state index >= 15 is 0 Å². The molecule has 0 aromatic carbocycles. The van der Waals surface area contributed by atoms with E-state index in [-0.39, 0.29) is 12.0 Å². The summed E-state index contributed by atoms with van der Waals surface area (Å²) in [6.07, 6.45) is 0. The minimum Gasteiger partial charge on any atom is -0.390 e. The zero-order chi connectivity index (χ0) is 10.1. The number of nitrogens with two attached hydrogens (primary N) is 2. The van der Waals surface area contributed by atoms with Gasteiger partial charge in [0.25, 0.3) is 0 Å². The third-order valence-corrected chi connectivity index (χ3v) is 1.48. The summed E-state index contributed by atoms with van der Waals surface area (Å²) in [6.45, 7) is 3.19. The molecule has 0 spiro atoms. The van der Waals surface area contributed by atoms with E-state index in [1.165, 1.54) is 0 Å². The highest BCUT2D eigenvalue weighted by Crippen LogP contribution is 2.13. The van der Waals surface area contributed by atoms with Crippen molar-refractivity contribution in [2.75, 3.05) is 11.1 Å². The first kappa shape index (κ1) is 9.30. The maximum atomic E-state index is 10.9. The number of nitrogen functional groups attached to an aromatic ring is 1. The number of rotatable bonds is 3. The van der Waals surface area contributed by atoms with E-state index < -0.39 is 11.4 Å². The standard InChI is InChI=1S/C6H11N5O2/c1-6(2,3(7)12)9-5-11-10-4(8)13-5/h1-2H3,(H2,7,12)(H2,8,10)(H,9,11). The Hall–Kier alpha value is -1.79. The lowest BCUT2D eigenvalue weighted by Crippen LogP contribution is -2.45. The predicted molar refractivity (Wildman–Crippen MR) is 45.6 cm³/mol. The summed E-state index contributed by atoms with van der Waals surface area (Å²) < 4.78 is 4.81. The van der Waals surface area contributed by atoms with Crippen molar-refractivity contribution >= 4 is 17.9 Å². The molecule has 13 heavy (non-hydrogen) atoms. The Morgan fingerprint density at radius 3 is 2.54 bits per heavy atom. The lowest BCUT2D eigenvalue weighted by Gasteiger charge is -2.19. The van der Waals surface area contributed by atoms with E-state index in [9.17, 15) is 4.79 Å². The van der Waals surface area contributed by atoms with Gasteiger partial charge in [0.05, 0.1) is 0 Å². The highest BCUT2D eigenvalue weighted by atomic mass is 16.4. The number of nitrogens with zero attached hydrogens (tertiary/aromatic N) is 2. The molecule has 0 fully saturated rings. The van der Waals surface area contributed by atoms with Crippen molar-refractivity contribution in [1.29, 1.82) is 0 Å². The summed E-state index contributed by atoms with van der Waals surface area (Å²) in [5, 5.41) is 9.57. The molecule has 0 aliphatic heterocycles. The Morgan fingerprint density at radius 1 is 1.54 bits per heavy atom. The van der Waals surface area contributed by atoms with Crippen LogP contribution in [0.25, 0.3) is 0 Å². The first-order chi connectivity index (χ1) is 5.92. The Balaban J connectivity index is 2.74. The van der Waals surface area contributed by atoms with E-state index in [1.807, 2.05) is 0 Å². The number of hydrogen-bond acceptors (Lipinski definition) is 6. The highest BCUT2D eigenvalue weighted by Gasteiger charge is 2.26. The van der Waals surface area contributed by atoms with E-state index in [1.54, 1.807) is 13.8 Å². The molecule has 0 aliphatic rings. The van der Waals surface area contributed by atoms with Gasteiger partial charge in [-0.2, -0.15) is 0 Å². The fraction of sp³-hybridized carbons (Fsp3) is 0.500. The molecule has 5 N–H and O–H groups in total. The van der Waals surface area contributed by atoms with E-state index in [0.717, 1.165) is 0 Å². The second kappa shape index (κ2) is 2.92. The molecule has 7 heteroatoms. The van der Waals surface area contributed by atoms with Crippen LogP contribution < -0.4 is 16.8 Å². The van der Waals surface area contributed by atoms with Crippen LogP contribution in [0, 0.1) is 0 Å². The molecule has 1 aromatic rings. The quantitative estimate of drug-likeness (QED) is 0.574. The maximum absolute atomic E-state index is 10.9. The summed E-state index contributed by atoms with van der Waals surface area (Å²) in [4.78, 5) is 10.9. The first-order valence-corrected chi connectivity index (χ1v) is 3.59. The third kappa shape index (κ3) is 2.08. The van der Waals surface area contributed by atoms with Gasteiger partial charge < -0.3 is 21.2 Å². The average Bonchev–Trinajstić information content (AvgIpc) is 2.34. The van der Waals surface area contributed by atoms with Gasteiger partial charge in [0.1, 0.15) is 5.54 Å². The van der Waals surface area contributed by atoms with Crippen LogP contribution in [0.4, 0.5) is 12.0 Å². The van der Waals surface area contributed by atoms with E-state index in [0.29, 0.717) is 0 Å². The summed E-state index contributed by atoms with van der Waals surface area (Å²) in [5.41, 5.74) is 9.33. The SMILES string of the molecule is CC(C)(Nc1nnc(N)o1)C(N)=O. The Kier molecular flexibility index (Phi) is 2.09. The molecular formula is C6H11N5O2. The molecule has 1 aromatic heterocycles. The van der Waals surface area contributed by atoms with Crippen molar-refractivity contribution in [3.8, 4) is 0 Å². The lowest BCUT2D eigenvalue weighted by atomic mass is 10.1. The van der Waals surface area contributed by atoms with E-state index in [2.05, 4.69) is 15.5 Å². The van der Waals surface area contributed by atoms with Crippen LogP contribution in [-0.4, -0.2) is 21.6 Å². The van der Waals surface area contributed by atoms with E-state index in [4.69, 9.17) is 15.9 Å². The van der Waals surface area contributed by atoms with Gasteiger partial charge in [0, 0.05) is 0 Å². The second-order valence-electron chi connectivity index (χ2n) is 3.06. The molecule has 0 unspecified atom stereocenters. The largest absolute Gasteiger partial charge is 0.390 e. The van der Waals surface area contributed by atoms with Gasteiger partial charge in [0.15, 0.2) is 0 Å². The maximum Gasteiger partial charge on any atom is 0.317 e. The van der Waals surface area contributed by atoms with Crippen LogP contribution in [0.1, 0.15) is 13.8 Å². The van der Waals surface area contributed by atoms with Crippen molar-refractivity contribution in [1.82, 2.24) is 10.2 Å². The molecule has 0 aliphatic carbocycles. The van der Waals surface area contributed by atoms with Gasteiger partial charge in [-0.3, -0.25) is 4.79 Å². The summed E-state index contributed by atoms with van der Waals surface area (Å²) in [6, 6.07) is 0.00377. The predicted octanol–water partition coefficient (Wildman–Crippen LogP) is -0.672. The summed E-state index contributed by atoms with van der Waals surface area (Å²) in [5.74, 6) is -0.524. The van der Waals surface area contributed by atoms with Crippen molar-refractivity contribution < 1.29 is 9.21 Å². The smallest absolute Gasteiger partial charge is 0.317 e. The van der Waals surface area contributed by atoms with Gasteiger partial charge in [0.2, 0.25) is 5.91 Å². The molecule has 1 amide bonds.